The summed E-state index contributed by atoms with van der Waals surface area (Å²) in [5.41, 5.74) is 4.24. The van der Waals surface area contributed by atoms with Crippen LogP contribution in [0.15, 0.2) is 24.5 Å². The molecule has 1 fully saturated rings. The number of aryl methyl sites for hydroxylation is 2. The lowest BCUT2D eigenvalue weighted by atomic mass is 10.0. The third kappa shape index (κ3) is 2.59. The van der Waals surface area contributed by atoms with E-state index in [1.54, 1.807) is 13.4 Å². The van der Waals surface area contributed by atoms with Gasteiger partial charge in [0.05, 0.1) is 12.8 Å². The summed E-state index contributed by atoms with van der Waals surface area (Å²) in [5.74, 6) is 1.77. The summed E-state index contributed by atoms with van der Waals surface area (Å²) in [6.07, 6.45) is 4.07. The van der Waals surface area contributed by atoms with Crippen molar-refractivity contribution in [2.75, 3.05) is 12.4 Å². The second-order valence-electron chi connectivity index (χ2n) is 5.37. The molecule has 104 valence electrons. The molecule has 4 heteroatoms. The van der Waals surface area contributed by atoms with Crippen molar-refractivity contribution in [1.29, 1.82) is 0 Å². The Hall–Kier alpha value is -2.10. The highest BCUT2D eigenvalue weighted by Crippen LogP contribution is 2.34. The van der Waals surface area contributed by atoms with Crippen molar-refractivity contribution in [1.82, 2.24) is 9.97 Å². The highest BCUT2D eigenvalue weighted by atomic mass is 16.5. The lowest BCUT2D eigenvalue weighted by Crippen LogP contribution is -2.03. The molecule has 0 bridgehead atoms. The Bertz CT molecular complexity index is 636. The average Bonchev–Trinajstić information content (AvgIpc) is 3.22. The molecule has 0 saturated heterocycles. The maximum atomic E-state index is 5.54. The fraction of sp³-hybridized carbons (Fsp3) is 0.375. The molecule has 1 N–H and O–H groups in total. The van der Waals surface area contributed by atoms with Crippen LogP contribution in [0.4, 0.5) is 5.82 Å². The van der Waals surface area contributed by atoms with E-state index in [0.717, 1.165) is 28.4 Å². The minimum absolute atomic E-state index is 0.582. The molecule has 2 aromatic rings. The van der Waals surface area contributed by atoms with Crippen molar-refractivity contribution in [2.24, 2.45) is 0 Å². The van der Waals surface area contributed by atoms with Crippen LogP contribution in [-0.2, 0) is 0 Å². The van der Waals surface area contributed by atoms with Gasteiger partial charge in [0.2, 0.25) is 0 Å². The largest absolute Gasteiger partial charge is 0.496 e. The first-order chi connectivity index (χ1) is 9.67. The maximum Gasteiger partial charge on any atom is 0.131 e. The van der Waals surface area contributed by atoms with Crippen LogP contribution in [0.1, 0.15) is 24.0 Å². The minimum atomic E-state index is 0.582. The summed E-state index contributed by atoms with van der Waals surface area (Å²) in [7, 11) is 1.70. The molecule has 0 spiro atoms. The molecule has 1 aromatic heterocycles. The topological polar surface area (TPSA) is 47.0 Å². The lowest BCUT2D eigenvalue weighted by Gasteiger charge is -2.13. The van der Waals surface area contributed by atoms with Crippen LogP contribution >= 0.6 is 0 Å². The Morgan fingerprint density at radius 1 is 1.15 bits per heavy atom. The van der Waals surface area contributed by atoms with Gasteiger partial charge >= 0.3 is 0 Å². The standard InChI is InChI=1S/C16H19N3O/c1-10-6-11(2)16(20-3)13(7-10)14-8-15(18-9-17-14)19-12-4-5-12/h6-9,12H,4-5H2,1-3H3,(H,17,18,19). The molecule has 1 aliphatic rings. The normalized spacial score (nSPS) is 14.2. The van der Waals surface area contributed by atoms with Crippen LogP contribution in [0.3, 0.4) is 0 Å². The van der Waals surface area contributed by atoms with E-state index >= 15 is 0 Å². The van der Waals surface area contributed by atoms with Gasteiger partial charge in [0, 0.05) is 17.7 Å². The fourth-order valence-electron chi connectivity index (χ4n) is 2.44. The Labute approximate surface area is 119 Å². The first kappa shape index (κ1) is 12.9. The molecule has 0 unspecified atom stereocenters. The Balaban J connectivity index is 2.03. The van der Waals surface area contributed by atoms with Crippen molar-refractivity contribution in [3.05, 3.63) is 35.7 Å². The van der Waals surface area contributed by atoms with Crippen molar-refractivity contribution >= 4 is 5.82 Å². The van der Waals surface area contributed by atoms with Crippen LogP contribution in [0.2, 0.25) is 0 Å². The maximum absolute atomic E-state index is 5.54. The van der Waals surface area contributed by atoms with Crippen molar-refractivity contribution in [3.63, 3.8) is 0 Å². The van der Waals surface area contributed by atoms with Crippen molar-refractivity contribution in [2.45, 2.75) is 32.7 Å². The fourth-order valence-corrected chi connectivity index (χ4v) is 2.44. The third-order valence-corrected chi connectivity index (χ3v) is 3.50. The van der Waals surface area contributed by atoms with Gasteiger partial charge in [-0.1, -0.05) is 6.07 Å². The molecule has 0 amide bonds. The first-order valence-electron chi connectivity index (χ1n) is 6.91. The van der Waals surface area contributed by atoms with E-state index in [1.807, 2.05) is 6.07 Å². The van der Waals surface area contributed by atoms with E-state index in [2.05, 4.69) is 41.3 Å². The average molecular weight is 269 g/mol. The predicted molar refractivity (Wildman–Crippen MR) is 80.1 cm³/mol. The van der Waals surface area contributed by atoms with Gasteiger partial charge in [-0.15, -0.1) is 0 Å². The number of ether oxygens (including phenoxy) is 1. The molecular formula is C16H19N3O. The number of anilines is 1. The number of benzene rings is 1. The predicted octanol–water partition coefficient (Wildman–Crippen LogP) is 3.34. The Kier molecular flexibility index (Phi) is 3.30. The highest BCUT2D eigenvalue weighted by molar-refractivity contribution is 5.71. The van der Waals surface area contributed by atoms with Gasteiger partial charge in [0.15, 0.2) is 0 Å². The van der Waals surface area contributed by atoms with Crippen LogP contribution in [0.5, 0.6) is 5.75 Å². The molecule has 20 heavy (non-hydrogen) atoms. The number of nitrogens with zero attached hydrogens (tertiary/aromatic N) is 2. The quantitative estimate of drug-likeness (QED) is 0.924. The van der Waals surface area contributed by atoms with Crippen LogP contribution in [-0.4, -0.2) is 23.1 Å². The van der Waals surface area contributed by atoms with E-state index in [9.17, 15) is 0 Å². The first-order valence-corrected chi connectivity index (χ1v) is 6.91. The third-order valence-electron chi connectivity index (χ3n) is 3.50. The van der Waals surface area contributed by atoms with E-state index < -0.39 is 0 Å². The number of rotatable bonds is 4. The molecule has 0 atom stereocenters. The van der Waals surface area contributed by atoms with Crippen LogP contribution < -0.4 is 10.1 Å². The number of hydrogen-bond donors (Lipinski definition) is 1. The molecule has 1 heterocycles. The van der Waals surface area contributed by atoms with Crippen molar-refractivity contribution in [3.8, 4) is 17.0 Å². The SMILES string of the molecule is COc1c(C)cc(C)cc1-c1cc(NC2CC2)ncn1. The number of nitrogens with one attached hydrogen (secondary N) is 1. The summed E-state index contributed by atoms with van der Waals surface area (Å²) in [6, 6.07) is 6.80. The molecule has 3 rings (SSSR count). The van der Waals surface area contributed by atoms with Crippen LogP contribution in [0.25, 0.3) is 11.3 Å². The Morgan fingerprint density at radius 2 is 1.95 bits per heavy atom. The van der Waals surface area contributed by atoms with Gasteiger partial charge in [-0.05, 0) is 43.9 Å². The zero-order valence-electron chi connectivity index (χ0n) is 12.1. The lowest BCUT2D eigenvalue weighted by molar-refractivity contribution is 0.413. The van der Waals surface area contributed by atoms with Gasteiger partial charge in [-0.2, -0.15) is 0 Å². The molecular weight excluding hydrogens is 250 g/mol. The van der Waals surface area contributed by atoms with E-state index in [1.165, 1.54) is 18.4 Å². The van der Waals surface area contributed by atoms with Gasteiger partial charge in [-0.25, -0.2) is 9.97 Å². The second kappa shape index (κ2) is 5.12. The zero-order chi connectivity index (χ0) is 14.1. The second-order valence-corrected chi connectivity index (χ2v) is 5.37. The summed E-state index contributed by atoms with van der Waals surface area (Å²) in [6.45, 7) is 4.14. The zero-order valence-corrected chi connectivity index (χ0v) is 12.1. The summed E-state index contributed by atoms with van der Waals surface area (Å²) < 4.78 is 5.54. The molecule has 0 radical (unpaired) electrons. The van der Waals surface area contributed by atoms with Gasteiger partial charge in [0.25, 0.3) is 0 Å². The summed E-state index contributed by atoms with van der Waals surface area (Å²) in [5, 5.41) is 3.40. The molecule has 4 nitrogen and oxygen atoms in total. The highest BCUT2D eigenvalue weighted by Gasteiger charge is 2.21. The molecule has 0 aliphatic heterocycles. The monoisotopic (exact) mass is 269 g/mol. The van der Waals surface area contributed by atoms with Crippen molar-refractivity contribution < 1.29 is 4.74 Å². The minimum Gasteiger partial charge on any atom is -0.496 e. The smallest absolute Gasteiger partial charge is 0.131 e. The van der Waals surface area contributed by atoms with Gasteiger partial charge in [0.1, 0.15) is 17.9 Å². The Morgan fingerprint density at radius 3 is 2.65 bits per heavy atom. The van der Waals surface area contributed by atoms with Gasteiger partial charge in [-0.3, -0.25) is 0 Å². The summed E-state index contributed by atoms with van der Waals surface area (Å²) >= 11 is 0. The van der Waals surface area contributed by atoms with E-state index in [4.69, 9.17) is 4.74 Å². The molecule has 1 aliphatic carbocycles. The number of aromatic nitrogens is 2. The molecule has 1 saturated carbocycles. The van der Waals surface area contributed by atoms with E-state index in [-0.39, 0.29) is 0 Å². The number of methoxy groups -OCH3 is 1. The summed E-state index contributed by atoms with van der Waals surface area (Å²) in [4.78, 5) is 8.68. The molecule has 1 aromatic carbocycles. The number of hydrogen-bond acceptors (Lipinski definition) is 4. The van der Waals surface area contributed by atoms with Crippen LogP contribution in [0, 0.1) is 13.8 Å². The van der Waals surface area contributed by atoms with Gasteiger partial charge < -0.3 is 10.1 Å². The van der Waals surface area contributed by atoms with E-state index in [0.29, 0.717) is 6.04 Å².